The molecule has 0 bridgehead atoms. The van der Waals surface area contributed by atoms with Crippen LogP contribution in [0.5, 0.6) is 5.75 Å². The molecule has 0 saturated carbocycles. The number of piperazine rings is 1. The fraction of sp³-hybridized carbons (Fsp3) is 0.269. The molecule has 0 aromatic heterocycles. The summed E-state index contributed by atoms with van der Waals surface area (Å²) in [6, 6.07) is 21.5. The van der Waals surface area contributed by atoms with E-state index < -0.39 is 0 Å². The summed E-state index contributed by atoms with van der Waals surface area (Å²) in [6.45, 7) is 6.64. The molecular weight excluding hydrogens is 422 g/mol. The first-order valence-electron chi connectivity index (χ1n) is 10.8. The van der Waals surface area contributed by atoms with Crippen LogP contribution >= 0.6 is 11.6 Å². The summed E-state index contributed by atoms with van der Waals surface area (Å²) in [4.78, 5) is 17.4. The van der Waals surface area contributed by atoms with Crippen molar-refractivity contribution in [1.82, 2.24) is 4.90 Å². The standard InChI is InChI=1S/C26H28ClN3O2/c1-19-22(27)6-5-7-23(19)28-26(31)21-12-10-20(11-13-21)18-29-14-16-30(17-15-29)24-8-3-4-9-25(24)32-2/h3-13H,14-18H2,1-2H3,(H,28,31). The maximum atomic E-state index is 12.6. The molecule has 1 heterocycles. The second-order valence-electron chi connectivity index (χ2n) is 8.00. The minimum absolute atomic E-state index is 0.132. The van der Waals surface area contributed by atoms with Gasteiger partial charge in [0, 0.05) is 49.0 Å². The van der Waals surface area contributed by atoms with Crippen molar-refractivity contribution >= 4 is 28.9 Å². The van der Waals surface area contributed by atoms with Gasteiger partial charge in [-0.3, -0.25) is 9.69 Å². The summed E-state index contributed by atoms with van der Waals surface area (Å²) in [5.41, 5.74) is 4.59. The number of nitrogens with zero attached hydrogens (tertiary/aromatic N) is 2. The van der Waals surface area contributed by atoms with E-state index in [1.165, 1.54) is 5.56 Å². The van der Waals surface area contributed by atoms with Crippen LogP contribution in [0.4, 0.5) is 11.4 Å². The third-order valence-electron chi connectivity index (χ3n) is 5.94. The van der Waals surface area contributed by atoms with Gasteiger partial charge in [-0.05, 0) is 54.4 Å². The molecule has 0 unspecified atom stereocenters. The van der Waals surface area contributed by atoms with Crippen LogP contribution in [-0.4, -0.2) is 44.1 Å². The van der Waals surface area contributed by atoms with Crippen molar-refractivity contribution in [3.63, 3.8) is 0 Å². The number of carbonyl (C=O) groups excluding carboxylic acids is 1. The Hall–Kier alpha value is -3.02. The minimum atomic E-state index is -0.132. The van der Waals surface area contributed by atoms with Gasteiger partial charge in [0.2, 0.25) is 0 Å². The van der Waals surface area contributed by atoms with E-state index in [1.807, 2.05) is 61.5 Å². The molecule has 4 rings (SSSR count). The smallest absolute Gasteiger partial charge is 0.255 e. The van der Waals surface area contributed by atoms with Crippen LogP contribution < -0.4 is 15.0 Å². The lowest BCUT2D eigenvalue weighted by molar-refractivity contribution is 0.102. The van der Waals surface area contributed by atoms with Crippen LogP contribution in [0.15, 0.2) is 66.7 Å². The maximum Gasteiger partial charge on any atom is 0.255 e. The van der Waals surface area contributed by atoms with Gasteiger partial charge in [-0.1, -0.05) is 41.9 Å². The Labute approximate surface area is 194 Å². The topological polar surface area (TPSA) is 44.8 Å². The quantitative estimate of drug-likeness (QED) is 0.559. The Morgan fingerprint density at radius 2 is 1.69 bits per heavy atom. The number of benzene rings is 3. The highest BCUT2D eigenvalue weighted by Gasteiger charge is 2.19. The third kappa shape index (κ3) is 5.06. The number of hydrogen-bond donors (Lipinski definition) is 1. The van der Waals surface area contributed by atoms with Crippen LogP contribution in [0.3, 0.4) is 0 Å². The van der Waals surface area contributed by atoms with Gasteiger partial charge in [0.1, 0.15) is 5.75 Å². The average molecular weight is 450 g/mol. The predicted octanol–water partition coefficient (Wildman–Crippen LogP) is 5.23. The van der Waals surface area contributed by atoms with E-state index in [1.54, 1.807) is 7.11 Å². The molecule has 1 saturated heterocycles. The van der Waals surface area contributed by atoms with Crippen molar-refractivity contribution in [3.05, 3.63) is 88.4 Å². The first-order chi connectivity index (χ1) is 15.5. The number of hydrogen-bond acceptors (Lipinski definition) is 4. The normalized spacial score (nSPS) is 14.3. The van der Waals surface area contributed by atoms with E-state index in [2.05, 4.69) is 27.2 Å². The van der Waals surface area contributed by atoms with Crippen LogP contribution in [-0.2, 0) is 6.54 Å². The first kappa shape index (κ1) is 22.2. The summed E-state index contributed by atoms with van der Waals surface area (Å²) in [5, 5.41) is 3.59. The number of amides is 1. The van der Waals surface area contributed by atoms with Gasteiger partial charge in [0.15, 0.2) is 0 Å². The van der Waals surface area contributed by atoms with Gasteiger partial charge in [0.05, 0.1) is 12.8 Å². The van der Waals surface area contributed by atoms with Crippen LogP contribution in [0.2, 0.25) is 5.02 Å². The zero-order valence-corrected chi connectivity index (χ0v) is 19.2. The van der Waals surface area contributed by atoms with Crippen molar-refractivity contribution in [2.45, 2.75) is 13.5 Å². The lowest BCUT2D eigenvalue weighted by Crippen LogP contribution is -2.46. The van der Waals surface area contributed by atoms with Crippen LogP contribution in [0.1, 0.15) is 21.5 Å². The van der Waals surface area contributed by atoms with Crippen molar-refractivity contribution in [2.24, 2.45) is 0 Å². The van der Waals surface area contributed by atoms with Gasteiger partial charge in [-0.2, -0.15) is 0 Å². The van der Waals surface area contributed by atoms with Gasteiger partial charge in [-0.15, -0.1) is 0 Å². The molecular formula is C26H28ClN3O2. The maximum absolute atomic E-state index is 12.6. The van der Waals surface area contributed by atoms with Gasteiger partial charge in [-0.25, -0.2) is 0 Å². The van der Waals surface area contributed by atoms with Crippen molar-refractivity contribution in [2.75, 3.05) is 43.5 Å². The SMILES string of the molecule is COc1ccccc1N1CCN(Cc2ccc(C(=O)Nc3cccc(Cl)c3C)cc2)CC1. The zero-order chi connectivity index (χ0) is 22.5. The van der Waals surface area contributed by atoms with E-state index in [0.29, 0.717) is 10.6 Å². The third-order valence-corrected chi connectivity index (χ3v) is 6.35. The number of ether oxygens (including phenoxy) is 1. The average Bonchev–Trinajstić information content (AvgIpc) is 2.83. The number of halogens is 1. The number of anilines is 2. The summed E-state index contributed by atoms with van der Waals surface area (Å²) < 4.78 is 5.51. The number of rotatable bonds is 6. The fourth-order valence-electron chi connectivity index (χ4n) is 4.00. The molecule has 3 aromatic carbocycles. The van der Waals surface area contributed by atoms with E-state index in [9.17, 15) is 4.79 Å². The molecule has 0 spiro atoms. The summed E-state index contributed by atoms with van der Waals surface area (Å²) in [6.07, 6.45) is 0. The first-order valence-corrected chi connectivity index (χ1v) is 11.2. The van der Waals surface area contributed by atoms with Crippen molar-refractivity contribution in [1.29, 1.82) is 0 Å². The molecule has 1 fully saturated rings. The molecule has 1 N–H and O–H groups in total. The van der Waals surface area contributed by atoms with Gasteiger partial charge < -0.3 is 15.0 Å². The Bertz CT molecular complexity index is 1080. The van der Waals surface area contributed by atoms with Gasteiger partial charge in [0.25, 0.3) is 5.91 Å². The number of para-hydroxylation sites is 2. The molecule has 1 aliphatic rings. The molecule has 1 amide bonds. The highest BCUT2D eigenvalue weighted by atomic mass is 35.5. The molecule has 3 aromatic rings. The second kappa shape index (κ2) is 10.1. The fourth-order valence-corrected chi connectivity index (χ4v) is 4.17. The highest BCUT2D eigenvalue weighted by Crippen LogP contribution is 2.28. The predicted molar refractivity (Wildman–Crippen MR) is 131 cm³/mol. The Morgan fingerprint density at radius 3 is 2.41 bits per heavy atom. The van der Waals surface area contributed by atoms with E-state index in [-0.39, 0.29) is 5.91 Å². The van der Waals surface area contributed by atoms with E-state index in [4.69, 9.17) is 16.3 Å². The highest BCUT2D eigenvalue weighted by molar-refractivity contribution is 6.31. The second-order valence-corrected chi connectivity index (χ2v) is 8.41. The number of nitrogens with one attached hydrogen (secondary N) is 1. The Kier molecular flexibility index (Phi) is 6.98. The minimum Gasteiger partial charge on any atom is -0.495 e. The molecule has 6 heteroatoms. The zero-order valence-electron chi connectivity index (χ0n) is 18.5. The van der Waals surface area contributed by atoms with E-state index >= 15 is 0 Å². The van der Waals surface area contributed by atoms with Crippen molar-refractivity contribution < 1.29 is 9.53 Å². The Balaban J connectivity index is 1.32. The van der Waals surface area contributed by atoms with E-state index in [0.717, 1.165) is 55.4 Å². The van der Waals surface area contributed by atoms with Gasteiger partial charge >= 0.3 is 0 Å². The Morgan fingerprint density at radius 1 is 0.969 bits per heavy atom. The lowest BCUT2D eigenvalue weighted by atomic mass is 10.1. The number of methoxy groups -OCH3 is 1. The summed E-state index contributed by atoms with van der Waals surface area (Å²) in [7, 11) is 1.72. The molecule has 166 valence electrons. The molecule has 1 aliphatic heterocycles. The molecule has 0 radical (unpaired) electrons. The summed E-state index contributed by atoms with van der Waals surface area (Å²) in [5.74, 6) is 0.787. The molecule has 32 heavy (non-hydrogen) atoms. The molecule has 5 nitrogen and oxygen atoms in total. The van der Waals surface area contributed by atoms with Crippen LogP contribution in [0.25, 0.3) is 0 Å². The monoisotopic (exact) mass is 449 g/mol. The van der Waals surface area contributed by atoms with Crippen molar-refractivity contribution in [3.8, 4) is 5.75 Å². The number of carbonyl (C=O) groups is 1. The lowest BCUT2D eigenvalue weighted by Gasteiger charge is -2.36. The summed E-state index contributed by atoms with van der Waals surface area (Å²) >= 11 is 6.15. The largest absolute Gasteiger partial charge is 0.495 e. The molecule has 0 atom stereocenters. The molecule has 0 aliphatic carbocycles. The van der Waals surface area contributed by atoms with Crippen LogP contribution in [0, 0.1) is 6.92 Å².